The Morgan fingerprint density at radius 1 is 0.760 bits per heavy atom. The van der Waals surface area contributed by atoms with Gasteiger partial charge in [0, 0.05) is 29.8 Å². The van der Waals surface area contributed by atoms with Crippen molar-refractivity contribution in [2.75, 3.05) is 11.9 Å². The maximum Gasteiger partial charge on any atom is 0.514 e. The highest BCUT2D eigenvalue weighted by Crippen LogP contribution is 2.44. The van der Waals surface area contributed by atoms with Crippen LogP contribution in [-0.2, 0) is 25.7 Å². The van der Waals surface area contributed by atoms with Crippen molar-refractivity contribution in [3.8, 4) is 16.9 Å². The third kappa shape index (κ3) is 8.61. The Kier molecular flexibility index (Phi) is 11.1. The van der Waals surface area contributed by atoms with Gasteiger partial charge in [0.15, 0.2) is 0 Å². The number of alkyl carbamates (subject to hydrolysis) is 1. The highest BCUT2D eigenvalue weighted by molar-refractivity contribution is 5.97. The first-order chi connectivity index (χ1) is 24.0. The minimum absolute atomic E-state index is 0.0897. The van der Waals surface area contributed by atoms with Gasteiger partial charge in [-0.15, -0.1) is 0 Å². The summed E-state index contributed by atoms with van der Waals surface area (Å²) in [5.74, 6) is -1.55. The summed E-state index contributed by atoms with van der Waals surface area (Å²) in [6.07, 6.45) is -1.63. The van der Waals surface area contributed by atoms with Gasteiger partial charge in [0.2, 0.25) is 11.8 Å². The maximum atomic E-state index is 12.9. The summed E-state index contributed by atoms with van der Waals surface area (Å²) < 4.78 is 15.7. The number of hydrogen-bond donors (Lipinski definition) is 3. The van der Waals surface area contributed by atoms with Crippen LogP contribution in [0.1, 0.15) is 43.4 Å². The van der Waals surface area contributed by atoms with Crippen LogP contribution in [0, 0.1) is 16.0 Å². The standard InChI is InChI=1S/C37H36N4O9/c1-22(23(2)39-36(44)48-21-33-31-10-6-4-8-29(31)30-9-5-7-11-32(30)33)34(42)38-24(3)35(43)40-26-14-12-25(13-15-26)20-49-37(45)50-28-18-16-27(17-19-28)41(46)47/h4-19,22-24,33H,20-21H2,1-3H3,(H,38,42)(H,39,44)(H,40,43)/t22-,23?,24-/m0/s1. The van der Waals surface area contributed by atoms with Crippen molar-refractivity contribution in [2.45, 2.75) is 45.4 Å². The van der Waals surface area contributed by atoms with Gasteiger partial charge in [-0.05, 0) is 65.9 Å². The average Bonchev–Trinajstić information content (AvgIpc) is 3.43. The molecule has 0 heterocycles. The van der Waals surface area contributed by atoms with Crippen LogP contribution in [-0.4, -0.2) is 47.7 Å². The van der Waals surface area contributed by atoms with Gasteiger partial charge in [-0.3, -0.25) is 19.7 Å². The van der Waals surface area contributed by atoms with Crippen LogP contribution in [0.3, 0.4) is 0 Å². The molecule has 13 nitrogen and oxygen atoms in total. The van der Waals surface area contributed by atoms with Crippen LogP contribution in [0.25, 0.3) is 11.1 Å². The average molecular weight is 681 g/mol. The molecule has 1 aliphatic carbocycles. The zero-order valence-corrected chi connectivity index (χ0v) is 27.6. The zero-order chi connectivity index (χ0) is 35.8. The van der Waals surface area contributed by atoms with E-state index in [9.17, 15) is 29.3 Å². The predicted octanol–water partition coefficient (Wildman–Crippen LogP) is 6.32. The van der Waals surface area contributed by atoms with E-state index in [1.54, 1.807) is 45.0 Å². The minimum atomic E-state index is -0.988. The quantitative estimate of drug-likeness (QED) is 0.0669. The van der Waals surface area contributed by atoms with E-state index in [4.69, 9.17) is 14.2 Å². The van der Waals surface area contributed by atoms with Crippen molar-refractivity contribution in [3.05, 3.63) is 124 Å². The summed E-state index contributed by atoms with van der Waals surface area (Å²) in [7, 11) is 0. The molecule has 50 heavy (non-hydrogen) atoms. The molecule has 5 rings (SSSR count). The van der Waals surface area contributed by atoms with E-state index in [0.717, 1.165) is 22.3 Å². The molecule has 0 saturated heterocycles. The van der Waals surface area contributed by atoms with E-state index < -0.39 is 47.0 Å². The zero-order valence-electron chi connectivity index (χ0n) is 27.6. The molecule has 1 unspecified atom stereocenters. The van der Waals surface area contributed by atoms with Gasteiger partial charge in [0.1, 0.15) is 25.0 Å². The van der Waals surface area contributed by atoms with E-state index in [2.05, 4.69) is 28.1 Å². The first kappa shape index (κ1) is 35.1. The van der Waals surface area contributed by atoms with Crippen molar-refractivity contribution >= 4 is 35.4 Å². The fraction of sp³-hybridized carbons (Fsp3) is 0.243. The molecule has 0 aromatic heterocycles. The van der Waals surface area contributed by atoms with E-state index in [1.165, 1.54) is 24.3 Å². The largest absolute Gasteiger partial charge is 0.514 e. The molecule has 0 radical (unpaired) electrons. The van der Waals surface area contributed by atoms with Crippen LogP contribution in [0.4, 0.5) is 21.0 Å². The highest BCUT2D eigenvalue weighted by Gasteiger charge is 2.30. The molecule has 4 aromatic carbocycles. The van der Waals surface area contributed by atoms with Crippen molar-refractivity contribution in [1.82, 2.24) is 10.6 Å². The van der Waals surface area contributed by atoms with E-state index >= 15 is 0 Å². The molecule has 0 bridgehead atoms. The van der Waals surface area contributed by atoms with E-state index in [1.807, 2.05) is 36.4 Å². The molecule has 0 fully saturated rings. The number of benzene rings is 4. The summed E-state index contributed by atoms with van der Waals surface area (Å²) in [6, 6.07) is 26.1. The number of hydrogen-bond acceptors (Lipinski definition) is 9. The van der Waals surface area contributed by atoms with Crippen molar-refractivity contribution < 1.29 is 38.3 Å². The Balaban J connectivity index is 1.03. The molecule has 0 spiro atoms. The number of non-ortho nitro benzene ring substituents is 1. The molecular formula is C37H36N4O9. The van der Waals surface area contributed by atoms with Gasteiger partial charge in [-0.2, -0.15) is 0 Å². The normalized spacial score (nSPS) is 13.4. The number of carbonyl (C=O) groups excluding carboxylic acids is 4. The molecule has 13 heteroatoms. The maximum absolute atomic E-state index is 12.9. The molecule has 0 aliphatic heterocycles. The Bertz CT molecular complexity index is 1830. The summed E-state index contributed by atoms with van der Waals surface area (Å²) in [5, 5.41) is 18.9. The smallest absolute Gasteiger partial charge is 0.449 e. The molecular weight excluding hydrogens is 644 g/mol. The van der Waals surface area contributed by atoms with Gasteiger partial charge in [0.25, 0.3) is 5.69 Å². The minimum Gasteiger partial charge on any atom is -0.449 e. The van der Waals surface area contributed by atoms with Crippen molar-refractivity contribution in [1.29, 1.82) is 0 Å². The van der Waals surface area contributed by atoms with Gasteiger partial charge in [0.05, 0.1) is 10.8 Å². The Morgan fingerprint density at radius 3 is 1.96 bits per heavy atom. The van der Waals surface area contributed by atoms with Crippen molar-refractivity contribution in [3.63, 3.8) is 0 Å². The number of carbonyl (C=O) groups is 4. The molecule has 258 valence electrons. The lowest BCUT2D eigenvalue weighted by Gasteiger charge is -2.23. The molecule has 4 aromatic rings. The summed E-state index contributed by atoms with van der Waals surface area (Å²) in [4.78, 5) is 60.6. The number of amides is 3. The van der Waals surface area contributed by atoms with Gasteiger partial charge in [-0.1, -0.05) is 67.6 Å². The topological polar surface area (TPSA) is 175 Å². The number of nitrogens with zero attached hydrogens (tertiary/aromatic N) is 1. The molecule has 3 N–H and O–H groups in total. The molecule has 3 atom stereocenters. The third-order valence-corrected chi connectivity index (χ3v) is 8.43. The lowest BCUT2D eigenvalue weighted by molar-refractivity contribution is -0.384. The van der Waals surface area contributed by atoms with Gasteiger partial charge < -0.3 is 30.2 Å². The van der Waals surface area contributed by atoms with Crippen LogP contribution in [0.2, 0.25) is 0 Å². The Hall–Kier alpha value is -6.24. The number of anilines is 1. The Morgan fingerprint density at radius 2 is 1.36 bits per heavy atom. The number of fused-ring (bicyclic) bond motifs is 3. The number of ether oxygens (including phenoxy) is 3. The number of nitro groups is 1. The van der Waals surface area contributed by atoms with Crippen LogP contribution < -0.4 is 20.7 Å². The lowest BCUT2D eigenvalue weighted by Crippen LogP contribution is -2.49. The summed E-state index contributed by atoms with van der Waals surface area (Å²) >= 11 is 0. The Labute approximate surface area is 288 Å². The number of rotatable bonds is 12. The second kappa shape index (κ2) is 15.8. The fourth-order valence-corrected chi connectivity index (χ4v) is 5.43. The SMILES string of the molecule is CC(NC(=O)OCC1c2ccccc2-c2ccccc21)[C@H](C)C(=O)N[C@@H](C)C(=O)Nc1ccc(COC(=O)Oc2ccc([N+](=O)[O-])cc2)cc1. The molecule has 3 amide bonds. The summed E-state index contributed by atoms with van der Waals surface area (Å²) in [5.41, 5.74) is 5.36. The van der Waals surface area contributed by atoms with Crippen LogP contribution in [0.15, 0.2) is 97.1 Å². The molecule has 0 saturated carbocycles. The second-order valence-electron chi connectivity index (χ2n) is 11.9. The van der Waals surface area contributed by atoms with E-state index in [0.29, 0.717) is 11.3 Å². The first-order valence-electron chi connectivity index (χ1n) is 15.9. The lowest BCUT2D eigenvalue weighted by atomic mass is 9.98. The second-order valence-corrected chi connectivity index (χ2v) is 11.9. The third-order valence-electron chi connectivity index (χ3n) is 8.43. The van der Waals surface area contributed by atoms with Crippen molar-refractivity contribution in [2.24, 2.45) is 5.92 Å². The van der Waals surface area contributed by atoms with Gasteiger partial charge in [-0.25, -0.2) is 9.59 Å². The number of nitrogens with one attached hydrogen (secondary N) is 3. The highest BCUT2D eigenvalue weighted by atomic mass is 16.7. The van der Waals surface area contributed by atoms with Gasteiger partial charge >= 0.3 is 12.2 Å². The fourth-order valence-electron chi connectivity index (χ4n) is 5.43. The van der Waals surface area contributed by atoms with Crippen LogP contribution >= 0.6 is 0 Å². The summed E-state index contributed by atoms with van der Waals surface area (Å²) in [6.45, 7) is 4.91. The first-order valence-corrected chi connectivity index (χ1v) is 15.9. The molecule has 1 aliphatic rings. The van der Waals surface area contributed by atoms with Crippen LogP contribution in [0.5, 0.6) is 5.75 Å². The number of nitro benzene ring substituents is 1. The predicted molar refractivity (Wildman–Crippen MR) is 183 cm³/mol. The monoisotopic (exact) mass is 680 g/mol. The van der Waals surface area contributed by atoms with E-state index in [-0.39, 0.29) is 30.6 Å².